The summed E-state index contributed by atoms with van der Waals surface area (Å²) in [6, 6.07) is 23.1. The predicted octanol–water partition coefficient (Wildman–Crippen LogP) is 2.42. The molecule has 1 atom stereocenters. The summed E-state index contributed by atoms with van der Waals surface area (Å²) in [5, 5.41) is 18.8. The highest BCUT2D eigenvalue weighted by Gasteiger charge is 2.38. The van der Waals surface area contributed by atoms with E-state index >= 15 is 0 Å². The summed E-state index contributed by atoms with van der Waals surface area (Å²) in [6.07, 6.45) is 2.12. The van der Waals surface area contributed by atoms with E-state index in [2.05, 4.69) is 0 Å². The molecule has 3 aromatic rings. The number of hydrogen-bond donors (Lipinski definition) is 2. The van der Waals surface area contributed by atoms with Gasteiger partial charge in [0.2, 0.25) is 0 Å². The van der Waals surface area contributed by atoms with Crippen molar-refractivity contribution in [2.24, 2.45) is 0 Å². The zero-order valence-electron chi connectivity index (χ0n) is 19.4. The van der Waals surface area contributed by atoms with Gasteiger partial charge in [-0.15, -0.1) is 0 Å². The Hall–Kier alpha value is -4.11. The summed E-state index contributed by atoms with van der Waals surface area (Å²) >= 11 is 0. The second-order valence-electron chi connectivity index (χ2n) is 7.95. The fourth-order valence-electron chi connectivity index (χ4n) is 4.17. The molecule has 4 rings (SSSR count). The zero-order valence-corrected chi connectivity index (χ0v) is 19.4. The smallest absolute Gasteiger partial charge is 0.267 e. The lowest BCUT2D eigenvalue weighted by molar-refractivity contribution is -0.133. The third-order valence-electron chi connectivity index (χ3n) is 5.74. The molecule has 36 heavy (non-hydrogen) atoms. The molecule has 0 aliphatic carbocycles. The average molecular weight is 488 g/mol. The molecule has 1 unspecified atom stereocenters. The summed E-state index contributed by atoms with van der Waals surface area (Å²) < 4.78 is 12.0. The van der Waals surface area contributed by atoms with Gasteiger partial charge in [0, 0.05) is 17.7 Å². The lowest BCUT2D eigenvalue weighted by Gasteiger charge is -2.36. The van der Waals surface area contributed by atoms with Crippen LogP contribution in [0.2, 0.25) is 0 Å². The second-order valence-corrected chi connectivity index (χ2v) is 7.95. The first kappa shape index (κ1) is 25.0. The van der Waals surface area contributed by atoms with Crippen LogP contribution in [0.15, 0.2) is 91.0 Å². The molecular weight excluding hydrogens is 462 g/mol. The number of rotatable bonds is 10. The number of carbonyl (C=O) groups is 3. The SMILES string of the molecule is O=C1C=CC(=O)N1C(=O)c1ccc(C(OCCO)(c2ccccc2)c2cccc(OCCO)c2)cc1. The minimum Gasteiger partial charge on any atom is -0.491 e. The van der Waals surface area contributed by atoms with Crippen LogP contribution in [0.1, 0.15) is 27.0 Å². The van der Waals surface area contributed by atoms with Crippen LogP contribution in [0.25, 0.3) is 0 Å². The highest BCUT2D eigenvalue weighted by molar-refractivity contribution is 6.25. The third kappa shape index (κ3) is 4.83. The van der Waals surface area contributed by atoms with E-state index in [0.717, 1.165) is 17.7 Å². The Bertz CT molecular complexity index is 1250. The fourth-order valence-corrected chi connectivity index (χ4v) is 4.17. The summed E-state index contributed by atoms with van der Waals surface area (Å²) in [5.41, 5.74) is 1.09. The van der Waals surface area contributed by atoms with E-state index < -0.39 is 23.3 Å². The van der Waals surface area contributed by atoms with Gasteiger partial charge in [-0.1, -0.05) is 54.6 Å². The number of aliphatic hydroxyl groups is 2. The predicted molar refractivity (Wildman–Crippen MR) is 130 cm³/mol. The van der Waals surface area contributed by atoms with E-state index in [1.807, 2.05) is 36.4 Å². The first-order valence-corrected chi connectivity index (χ1v) is 11.4. The van der Waals surface area contributed by atoms with Gasteiger partial charge >= 0.3 is 0 Å². The molecular formula is C28H25NO7. The number of hydrogen-bond acceptors (Lipinski definition) is 7. The van der Waals surface area contributed by atoms with Crippen molar-refractivity contribution in [3.8, 4) is 5.75 Å². The monoisotopic (exact) mass is 487 g/mol. The van der Waals surface area contributed by atoms with Crippen molar-refractivity contribution >= 4 is 17.7 Å². The summed E-state index contributed by atoms with van der Waals surface area (Å²) in [5.74, 6) is -1.56. The van der Waals surface area contributed by atoms with E-state index in [1.54, 1.807) is 30.3 Å². The van der Waals surface area contributed by atoms with Gasteiger partial charge in [-0.05, 0) is 41.0 Å². The number of imide groups is 3. The molecule has 1 aliphatic rings. The molecule has 0 fully saturated rings. The molecule has 8 heteroatoms. The highest BCUT2D eigenvalue weighted by Crippen LogP contribution is 2.41. The Morgan fingerprint density at radius 2 is 1.36 bits per heavy atom. The minimum absolute atomic E-state index is 0.0136. The van der Waals surface area contributed by atoms with Crippen molar-refractivity contribution in [3.63, 3.8) is 0 Å². The van der Waals surface area contributed by atoms with Gasteiger partial charge in [0.15, 0.2) is 0 Å². The molecule has 0 saturated carbocycles. The third-order valence-corrected chi connectivity index (χ3v) is 5.74. The Balaban J connectivity index is 1.82. The van der Waals surface area contributed by atoms with Crippen LogP contribution in [0.3, 0.4) is 0 Å². The van der Waals surface area contributed by atoms with Crippen LogP contribution in [-0.2, 0) is 19.9 Å². The van der Waals surface area contributed by atoms with Gasteiger partial charge in [0.25, 0.3) is 17.7 Å². The Morgan fingerprint density at radius 3 is 2.00 bits per heavy atom. The molecule has 0 aromatic heterocycles. The standard InChI is InChI=1S/C28H25NO7/c30-15-17-35-24-8-4-7-23(19-24)28(36-18-16-31,21-5-2-1-3-6-21)22-11-9-20(10-12-22)27(34)29-25(32)13-14-26(29)33/h1-14,19,30-31H,15-18H2. The van der Waals surface area contributed by atoms with Crippen LogP contribution in [0, 0.1) is 0 Å². The van der Waals surface area contributed by atoms with E-state index in [-0.39, 0.29) is 32.0 Å². The highest BCUT2D eigenvalue weighted by atomic mass is 16.5. The van der Waals surface area contributed by atoms with Crippen molar-refractivity contribution < 1.29 is 34.1 Å². The van der Waals surface area contributed by atoms with Crippen molar-refractivity contribution in [1.29, 1.82) is 0 Å². The first-order chi connectivity index (χ1) is 17.5. The lowest BCUT2D eigenvalue weighted by Crippen LogP contribution is -2.36. The average Bonchev–Trinajstić information content (AvgIpc) is 3.26. The molecule has 0 radical (unpaired) electrons. The van der Waals surface area contributed by atoms with E-state index in [0.29, 0.717) is 21.8 Å². The quantitative estimate of drug-likeness (QED) is 0.334. The van der Waals surface area contributed by atoms with Crippen LogP contribution in [-0.4, -0.2) is 59.3 Å². The van der Waals surface area contributed by atoms with Gasteiger partial charge in [-0.3, -0.25) is 14.4 Å². The van der Waals surface area contributed by atoms with Crippen molar-refractivity contribution in [2.45, 2.75) is 5.60 Å². The molecule has 2 N–H and O–H groups in total. The molecule has 8 nitrogen and oxygen atoms in total. The maximum absolute atomic E-state index is 12.8. The van der Waals surface area contributed by atoms with Gasteiger partial charge in [-0.2, -0.15) is 0 Å². The Morgan fingerprint density at radius 1 is 0.750 bits per heavy atom. The van der Waals surface area contributed by atoms with E-state index in [4.69, 9.17) is 14.6 Å². The van der Waals surface area contributed by atoms with Gasteiger partial charge in [0.1, 0.15) is 18.0 Å². The van der Waals surface area contributed by atoms with E-state index in [1.165, 1.54) is 12.1 Å². The number of amides is 3. The number of benzene rings is 3. The van der Waals surface area contributed by atoms with Gasteiger partial charge in [-0.25, -0.2) is 4.90 Å². The summed E-state index contributed by atoms with van der Waals surface area (Å²) in [7, 11) is 0. The zero-order chi connectivity index (χ0) is 25.5. The van der Waals surface area contributed by atoms with Crippen molar-refractivity contribution in [1.82, 2.24) is 4.90 Å². The molecule has 1 heterocycles. The number of aliphatic hydroxyl groups excluding tert-OH is 2. The Labute approximate surface area is 208 Å². The summed E-state index contributed by atoms with van der Waals surface area (Å²) in [4.78, 5) is 37.3. The van der Waals surface area contributed by atoms with E-state index in [9.17, 15) is 19.5 Å². The van der Waals surface area contributed by atoms with Crippen molar-refractivity contribution in [3.05, 3.63) is 113 Å². The molecule has 0 bridgehead atoms. The Kier molecular flexibility index (Phi) is 7.70. The minimum atomic E-state index is -1.19. The molecule has 3 amide bonds. The number of ether oxygens (including phenoxy) is 2. The molecule has 1 aliphatic heterocycles. The number of carbonyl (C=O) groups excluding carboxylic acids is 3. The van der Waals surface area contributed by atoms with Crippen LogP contribution < -0.4 is 4.74 Å². The molecule has 0 spiro atoms. The van der Waals surface area contributed by atoms with Crippen LogP contribution in [0.5, 0.6) is 5.75 Å². The maximum atomic E-state index is 12.8. The van der Waals surface area contributed by atoms with Gasteiger partial charge in [0.05, 0.1) is 19.8 Å². The lowest BCUT2D eigenvalue weighted by atomic mass is 9.79. The largest absolute Gasteiger partial charge is 0.491 e. The topological polar surface area (TPSA) is 113 Å². The van der Waals surface area contributed by atoms with Crippen LogP contribution >= 0.6 is 0 Å². The number of nitrogens with zero attached hydrogens (tertiary/aromatic N) is 1. The molecule has 184 valence electrons. The summed E-state index contributed by atoms with van der Waals surface area (Å²) in [6.45, 7) is -0.223. The fraction of sp³-hybridized carbons (Fsp3) is 0.179. The van der Waals surface area contributed by atoms with Crippen LogP contribution in [0.4, 0.5) is 0 Å². The first-order valence-electron chi connectivity index (χ1n) is 11.4. The normalized spacial score (nSPS) is 14.7. The molecule has 3 aromatic carbocycles. The van der Waals surface area contributed by atoms with Gasteiger partial charge < -0.3 is 19.7 Å². The maximum Gasteiger partial charge on any atom is 0.267 e. The molecule has 0 saturated heterocycles. The second kappa shape index (κ2) is 11.1. The van der Waals surface area contributed by atoms with Crippen molar-refractivity contribution in [2.75, 3.05) is 26.4 Å².